The lowest BCUT2D eigenvalue weighted by Gasteiger charge is -2.03. The van der Waals surface area contributed by atoms with Gasteiger partial charge >= 0.3 is 0 Å². The van der Waals surface area contributed by atoms with Crippen LogP contribution in [0.5, 0.6) is 0 Å². The Hall–Kier alpha value is -2.84. The third kappa shape index (κ3) is 6.89. The number of thiazole rings is 2. The minimum absolute atomic E-state index is 0.0281. The molecule has 0 fully saturated rings. The summed E-state index contributed by atoms with van der Waals surface area (Å²) < 4.78 is 2.27. The molecule has 2 amide bonds. The van der Waals surface area contributed by atoms with Crippen LogP contribution in [0, 0.1) is 27.7 Å². The van der Waals surface area contributed by atoms with Crippen LogP contribution in [0.3, 0.4) is 0 Å². The number of amides is 2. The molecule has 2 heterocycles. The van der Waals surface area contributed by atoms with Gasteiger partial charge in [-0.25, -0.2) is 9.97 Å². The van der Waals surface area contributed by atoms with Crippen LogP contribution < -0.4 is 10.6 Å². The number of hydrogen-bond acceptors (Lipinski definition) is 6. The number of aryl methyl sites for hydroxylation is 4. The zero-order chi connectivity index (χ0) is 25.7. The van der Waals surface area contributed by atoms with Crippen molar-refractivity contribution in [3.8, 4) is 0 Å². The molecule has 36 heavy (non-hydrogen) atoms. The van der Waals surface area contributed by atoms with Gasteiger partial charge in [0.1, 0.15) is 0 Å². The number of fused-ring (bicyclic) bond motifs is 2. The van der Waals surface area contributed by atoms with Gasteiger partial charge in [-0.15, -0.1) is 0 Å². The van der Waals surface area contributed by atoms with Gasteiger partial charge in [0.2, 0.25) is 11.8 Å². The van der Waals surface area contributed by atoms with E-state index in [1.165, 1.54) is 44.9 Å². The summed E-state index contributed by atoms with van der Waals surface area (Å²) in [6, 6.07) is 8.40. The van der Waals surface area contributed by atoms with Crippen molar-refractivity contribution in [2.75, 3.05) is 10.6 Å². The molecule has 0 atom stereocenters. The molecule has 2 N–H and O–H groups in total. The van der Waals surface area contributed by atoms with E-state index in [0.717, 1.165) is 59.0 Å². The molecule has 4 rings (SSSR count). The molecule has 6 nitrogen and oxygen atoms in total. The maximum atomic E-state index is 12.3. The van der Waals surface area contributed by atoms with E-state index in [0.29, 0.717) is 23.1 Å². The molecule has 8 heteroatoms. The highest BCUT2D eigenvalue weighted by Crippen LogP contribution is 2.31. The highest BCUT2D eigenvalue weighted by atomic mass is 32.1. The summed E-state index contributed by atoms with van der Waals surface area (Å²) in [5.74, 6) is 0.0561. The summed E-state index contributed by atoms with van der Waals surface area (Å²) in [7, 11) is 0. The molecule has 190 valence electrons. The molecule has 0 saturated carbocycles. The maximum absolute atomic E-state index is 12.3. The maximum Gasteiger partial charge on any atom is 0.226 e. The zero-order valence-corrected chi connectivity index (χ0v) is 23.1. The molecule has 0 aliphatic heterocycles. The average molecular weight is 523 g/mol. The molecule has 4 aromatic rings. The number of nitrogens with zero attached hydrogens (tertiary/aromatic N) is 2. The first-order chi connectivity index (χ1) is 17.3. The molecule has 0 aliphatic carbocycles. The number of carbonyl (C=O) groups is 2. The van der Waals surface area contributed by atoms with Gasteiger partial charge in [-0.1, -0.05) is 60.5 Å². The van der Waals surface area contributed by atoms with E-state index in [1.807, 2.05) is 0 Å². The normalized spacial score (nSPS) is 11.3. The van der Waals surface area contributed by atoms with E-state index in [4.69, 9.17) is 0 Å². The Morgan fingerprint density at radius 3 is 1.44 bits per heavy atom. The van der Waals surface area contributed by atoms with Crippen molar-refractivity contribution in [1.29, 1.82) is 0 Å². The van der Waals surface area contributed by atoms with Crippen LogP contribution in [0.25, 0.3) is 20.4 Å². The number of benzene rings is 2. The summed E-state index contributed by atoms with van der Waals surface area (Å²) in [6.45, 7) is 8.28. The average Bonchev–Trinajstić information content (AvgIpc) is 3.39. The lowest BCUT2D eigenvalue weighted by atomic mass is 10.1. The molecule has 0 aliphatic rings. The molecule has 0 saturated heterocycles. The minimum Gasteiger partial charge on any atom is -0.302 e. The molecule has 2 aromatic carbocycles. The van der Waals surface area contributed by atoms with Crippen LogP contribution in [0.4, 0.5) is 10.3 Å². The lowest BCUT2D eigenvalue weighted by molar-refractivity contribution is -0.117. The number of hydrogen-bond donors (Lipinski definition) is 2. The van der Waals surface area contributed by atoms with E-state index < -0.39 is 0 Å². The van der Waals surface area contributed by atoms with Crippen LogP contribution >= 0.6 is 22.7 Å². The molecule has 0 radical (unpaired) electrons. The zero-order valence-electron chi connectivity index (χ0n) is 21.5. The number of carbonyl (C=O) groups excluding carboxylic acids is 2. The highest BCUT2D eigenvalue weighted by molar-refractivity contribution is 7.22. The Labute approximate surface area is 220 Å². The molecular weight excluding hydrogens is 488 g/mol. The van der Waals surface area contributed by atoms with Crippen molar-refractivity contribution in [3.05, 3.63) is 46.5 Å². The van der Waals surface area contributed by atoms with Gasteiger partial charge < -0.3 is 10.6 Å². The number of rotatable bonds is 11. The smallest absolute Gasteiger partial charge is 0.226 e. The van der Waals surface area contributed by atoms with Crippen molar-refractivity contribution < 1.29 is 9.59 Å². The third-order valence-electron chi connectivity index (χ3n) is 6.19. The largest absolute Gasteiger partial charge is 0.302 e. The van der Waals surface area contributed by atoms with Crippen molar-refractivity contribution in [2.45, 2.75) is 79.1 Å². The van der Waals surface area contributed by atoms with Gasteiger partial charge in [-0.2, -0.15) is 0 Å². The number of unbranched alkanes of at least 4 members (excludes halogenated alkanes) is 5. The van der Waals surface area contributed by atoms with Gasteiger partial charge in [0.15, 0.2) is 10.3 Å². The SMILES string of the molecule is Cc1cc(C)c2sc(NC(=O)CCCCCCCCC(=O)Nc3nc4cc(C)cc(C)c4s3)nc2c1. The van der Waals surface area contributed by atoms with Crippen LogP contribution in [0.15, 0.2) is 24.3 Å². The first-order valence-electron chi connectivity index (χ1n) is 12.6. The fourth-order valence-corrected chi connectivity index (χ4v) is 6.36. The summed E-state index contributed by atoms with van der Waals surface area (Å²) in [5.41, 5.74) is 6.66. The second kappa shape index (κ2) is 11.9. The predicted molar refractivity (Wildman–Crippen MR) is 152 cm³/mol. The number of anilines is 2. The van der Waals surface area contributed by atoms with Crippen molar-refractivity contribution in [3.63, 3.8) is 0 Å². The summed E-state index contributed by atoms with van der Waals surface area (Å²) in [5, 5.41) is 7.27. The summed E-state index contributed by atoms with van der Waals surface area (Å²) in [4.78, 5) is 33.7. The standard InChI is InChI=1S/C28H34N4O2S2/c1-17-13-19(3)25-21(15-17)29-27(35-25)31-23(33)11-9-7-5-6-8-10-12-24(34)32-28-30-22-16-18(2)14-20(4)26(22)36-28/h13-16H,5-12H2,1-4H3,(H,29,31,33)(H,30,32,34). The Morgan fingerprint density at radius 1 is 0.639 bits per heavy atom. The minimum atomic E-state index is 0.0281. The number of aromatic nitrogens is 2. The fourth-order valence-electron chi connectivity index (χ4n) is 4.50. The van der Waals surface area contributed by atoms with Crippen molar-refractivity contribution in [2.24, 2.45) is 0 Å². The molecule has 0 bridgehead atoms. The van der Waals surface area contributed by atoms with Gasteiger partial charge in [0.25, 0.3) is 0 Å². The lowest BCUT2D eigenvalue weighted by Crippen LogP contribution is -2.11. The topological polar surface area (TPSA) is 84.0 Å². The van der Waals surface area contributed by atoms with E-state index in [2.05, 4.69) is 72.6 Å². The molecule has 0 spiro atoms. The Balaban J connectivity index is 1.08. The monoisotopic (exact) mass is 522 g/mol. The van der Waals surface area contributed by atoms with Crippen molar-refractivity contribution in [1.82, 2.24) is 9.97 Å². The Bertz CT molecular complexity index is 1280. The van der Waals surface area contributed by atoms with E-state index >= 15 is 0 Å². The molecule has 2 aromatic heterocycles. The van der Waals surface area contributed by atoms with Crippen molar-refractivity contribution >= 4 is 65.2 Å². The highest BCUT2D eigenvalue weighted by Gasteiger charge is 2.11. The Morgan fingerprint density at radius 2 is 1.03 bits per heavy atom. The van der Waals surface area contributed by atoms with E-state index in [9.17, 15) is 9.59 Å². The first-order valence-corrected chi connectivity index (χ1v) is 14.3. The summed E-state index contributed by atoms with van der Waals surface area (Å²) in [6.07, 6.45) is 6.94. The predicted octanol–water partition coefficient (Wildman–Crippen LogP) is 7.84. The second-order valence-corrected chi connectivity index (χ2v) is 11.6. The van der Waals surface area contributed by atoms with Gasteiger partial charge in [0.05, 0.1) is 20.4 Å². The van der Waals surface area contributed by atoms with Gasteiger partial charge in [-0.3, -0.25) is 9.59 Å². The summed E-state index contributed by atoms with van der Waals surface area (Å²) >= 11 is 3.08. The molecular formula is C28H34N4O2S2. The van der Waals surface area contributed by atoms with E-state index in [1.54, 1.807) is 0 Å². The second-order valence-electron chi connectivity index (χ2n) is 9.62. The quantitative estimate of drug-likeness (QED) is 0.197. The van der Waals surface area contributed by atoms with Gasteiger partial charge in [-0.05, 0) is 74.9 Å². The number of nitrogens with one attached hydrogen (secondary N) is 2. The van der Waals surface area contributed by atoms with Crippen LogP contribution in [-0.4, -0.2) is 21.8 Å². The first kappa shape index (κ1) is 26.2. The third-order valence-corrected chi connectivity index (χ3v) is 8.43. The van der Waals surface area contributed by atoms with Crippen LogP contribution in [-0.2, 0) is 9.59 Å². The molecule has 0 unspecified atom stereocenters. The van der Waals surface area contributed by atoms with Crippen LogP contribution in [0.1, 0.15) is 73.6 Å². The van der Waals surface area contributed by atoms with Gasteiger partial charge in [0, 0.05) is 12.8 Å². The fraction of sp³-hybridized carbons (Fsp3) is 0.429. The van der Waals surface area contributed by atoms with E-state index in [-0.39, 0.29) is 11.8 Å². The van der Waals surface area contributed by atoms with Crippen LogP contribution in [0.2, 0.25) is 0 Å². The Kier molecular flexibility index (Phi) is 8.69.